The van der Waals surface area contributed by atoms with E-state index in [0.29, 0.717) is 43.3 Å². The number of amides is 1. The molecule has 0 unspecified atom stereocenters. The van der Waals surface area contributed by atoms with Crippen LogP contribution in [0.5, 0.6) is 5.75 Å². The first kappa shape index (κ1) is 36.2. The minimum Gasteiger partial charge on any atom is -0.490 e. The summed E-state index contributed by atoms with van der Waals surface area (Å²) < 4.78 is 71.1. The van der Waals surface area contributed by atoms with Gasteiger partial charge >= 0.3 is 0 Å². The largest absolute Gasteiger partial charge is 0.490 e. The van der Waals surface area contributed by atoms with Crippen LogP contribution in [0.15, 0.2) is 48.6 Å². The van der Waals surface area contributed by atoms with E-state index in [-0.39, 0.29) is 35.3 Å². The summed E-state index contributed by atoms with van der Waals surface area (Å²) in [6.45, 7) is 5.10. The molecule has 2 heterocycles. The molecule has 6 rings (SSSR count). The molecule has 10 nitrogen and oxygen atoms in total. The summed E-state index contributed by atoms with van der Waals surface area (Å²) in [7, 11) is -6.03. The number of anilines is 1. The number of carbonyl (C=O) groups is 1. The third-order valence-corrected chi connectivity index (χ3v) is 14.1. The van der Waals surface area contributed by atoms with E-state index in [9.17, 15) is 21.6 Å². The number of ether oxygens (including phenoxy) is 2. The van der Waals surface area contributed by atoms with E-state index < -0.39 is 36.9 Å². The lowest BCUT2D eigenvalue weighted by molar-refractivity contribution is -0.0847. The Bertz CT molecular complexity index is 1830. The summed E-state index contributed by atoms with van der Waals surface area (Å²) in [4.78, 5) is 15.8. The Hall–Kier alpha value is -2.64. The van der Waals surface area contributed by atoms with Crippen LogP contribution in [0.1, 0.15) is 73.9 Å². The molecule has 1 N–H and O–H groups in total. The van der Waals surface area contributed by atoms with Crippen molar-refractivity contribution in [2.24, 2.45) is 17.8 Å². The fourth-order valence-corrected chi connectivity index (χ4v) is 10.2. The van der Waals surface area contributed by atoms with E-state index in [4.69, 9.17) is 25.3 Å². The van der Waals surface area contributed by atoms with Crippen molar-refractivity contribution >= 4 is 43.3 Å². The number of hydrogen-bond donors (Lipinski definition) is 1. The molecule has 2 aliphatic heterocycles. The zero-order chi connectivity index (χ0) is 35.2. The summed E-state index contributed by atoms with van der Waals surface area (Å²) in [5, 5.41) is -0.162. The molecular weight excluding hydrogens is 688 g/mol. The topological polar surface area (TPSA) is 128 Å². The van der Waals surface area contributed by atoms with Crippen LogP contribution in [-0.4, -0.2) is 73.3 Å². The van der Waals surface area contributed by atoms with Gasteiger partial charge in [-0.15, -0.1) is 0 Å². The summed E-state index contributed by atoms with van der Waals surface area (Å²) in [5.41, 5.74) is 2.24. The van der Waals surface area contributed by atoms with E-state index >= 15 is 0 Å². The van der Waals surface area contributed by atoms with E-state index in [2.05, 4.69) is 21.8 Å². The highest BCUT2D eigenvalue weighted by Crippen LogP contribution is 2.50. The fraction of sp³-hybridized carbons (Fsp3) is 0.583. The number of hydrogen-bond acceptors (Lipinski definition) is 9. The van der Waals surface area contributed by atoms with Crippen LogP contribution >= 0.6 is 11.6 Å². The lowest BCUT2D eigenvalue weighted by Gasteiger charge is -2.50. The van der Waals surface area contributed by atoms with Crippen molar-refractivity contribution in [1.82, 2.24) is 4.72 Å². The van der Waals surface area contributed by atoms with Gasteiger partial charge in [0.05, 0.1) is 36.0 Å². The number of rotatable bonds is 5. The van der Waals surface area contributed by atoms with Crippen LogP contribution in [0.4, 0.5) is 5.69 Å². The molecule has 1 spiro atoms. The molecule has 1 fully saturated rings. The Morgan fingerprint density at radius 3 is 2.65 bits per heavy atom. The Labute approximate surface area is 295 Å². The van der Waals surface area contributed by atoms with Gasteiger partial charge in [0.2, 0.25) is 10.0 Å². The molecule has 6 atom stereocenters. The average molecular weight is 735 g/mol. The van der Waals surface area contributed by atoms with Gasteiger partial charge in [-0.2, -0.15) is 8.42 Å². The molecule has 0 radical (unpaired) electrons. The lowest BCUT2D eigenvalue weighted by atomic mass is 9.63. The number of fused-ring (bicyclic) bond motifs is 4. The van der Waals surface area contributed by atoms with Crippen LogP contribution < -0.4 is 14.4 Å². The smallest absolute Gasteiger partial charge is 0.264 e. The number of benzene rings is 2. The first-order valence-electron chi connectivity index (χ1n) is 17.1. The summed E-state index contributed by atoms with van der Waals surface area (Å²) in [6.07, 6.45) is 10.3. The molecule has 0 saturated heterocycles. The number of allylic oxidation sites excluding steroid dienone is 1. The third-order valence-electron chi connectivity index (χ3n) is 11.4. The normalized spacial score (nSPS) is 32.1. The summed E-state index contributed by atoms with van der Waals surface area (Å²) >= 11 is 6.43. The van der Waals surface area contributed by atoms with Crippen molar-refractivity contribution in [3.05, 3.63) is 70.3 Å². The van der Waals surface area contributed by atoms with Crippen LogP contribution in [0, 0.1) is 17.8 Å². The molecule has 4 aliphatic rings. The predicted octanol–water partition coefficient (Wildman–Crippen LogP) is 5.63. The van der Waals surface area contributed by atoms with Crippen molar-refractivity contribution in [2.75, 3.05) is 44.6 Å². The Morgan fingerprint density at radius 2 is 1.94 bits per heavy atom. The molecule has 2 aromatic rings. The van der Waals surface area contributed by atoms with Gasteiger partial charge in [0.15, 0.2) is 0 Å². The Morgan fingerprint density at radius 1 is 1.14 bits per heavy atom. The number of sulfonamides is 1. The zero-order valence-electron chi connectivity index (χ0n) is 28.6. The highest BCUT2D eigenvalue weighted by atomic mass is 35.5. The van der Waals surface area contributed by atoms with Gasteiger partial charge in [-0.1, -0.05) is 36.7 Å². The van der Waals surface area contributed by atoms with Gasteiger partial charge in [-0.25, -0.2) is 13.1 Å². The first-order valence-corrected chi connectivity index (χ1v) is 20.8. The van der Waals surface area contributed by atoms with Crippen LogP contribution in [-0.2, 0) is 40.9 Å². The number of carbonyl (C=O) groups excluding carboxylic acids is 1. The number of aryl methyl sites for hydroxylation is 1. The average Bonchev–Trinajstić information content (AvgIpc) is 3.17. The molecule has 2 aliphatic carbocycles. The van der Waals surface area contributed by atoms with Gasteiger partial charge in [0, 0.05) is 42.6 Å². The number of methoxy groups -OCH3 is 1. The molecule has 0 aromatic heterocycles. The van der Waals surface area contributed by atoms with Crippen molar-refractivity contribution in [3.8, 4) is 5.75 Å². The quantitative estimate of drug-likeness (QED) is 0.307. The lowest BCUT2D eigenvalue weighted by Crippen LogP contribution is -2.53. The molecule has 13 heteroatoms. The second kappa shape index (κ2) is 13.8. The monoisotopic (exact) mass is 734 g/mol. The van der Waals surface area contributed by atoms with Crippen LogP contribution in [0.2, 0.25) is 5.02 Å². The van der Waals surface area contributed by atoms with Crippen molar-refractivity contribution in [3.63, 3.8) is 0 Å². The molecule has 2 bridgehead atoms. The minimum atomic E-state index is -4.02. The molecule has 49 heavy (non-hydrogen) atoms. The number of halogens is 1. The number of nitrogens with one attached hydrogen (secondary N) is 1. The van der Waals surface area contributed by atoms with Gasteiger partial charge in [-0.3, -0.25) is 8.98 Å². The highest BCUT2D eigenvalue weighted by Gasteiger charge is 2.49. The molecule has 1 amide bonds. The molecule has 2 aromatic carbocycles. The van der Waals surface area contributed by atoms with Crippen LogP contribution in [0.3, 0.4) is 0 Å². The van der Waals surface area contributed by atoms with E-state index in [1.807, 2.05) is 25.1 Å². The molecule has 1 saturated carbocycles. The maximum absolute atomic E-state index is 13.5. The second-order valence-corrected chi connectivity index (χ2v) is 18.6. The molecular formula is C36H47ClN2O8S2. The fourth-order valence-electron chi connectivity index (χ4n) is 8.30. The Balaban J connectivity index is 1.45. The highest BCUT2D eigenvalue weighted by molar-refractivity contribution is 7.90. The molecule has 268 valence electrons. The predicted molar refractivity (Wildman–Crippen MR) is 190 cm³/mol. The van der Waals surface area contributed by atoms with E-state index in [1.165, 1.54) is 11.1 Å². The van der Waals surface area contributed by atoms with E-state index in [1.54, 1.807) is 32.2 Å². The van der Waals surface area contributed by atoms with Crippen molar-refractivity contribution < 1.29 is 35.3 Å². The standard InChI is InChI=1S/C36H47ClN2O8S2/c1-24-7-5-16-36(45-3,17-18-47-48(4,41)42)31-12-9-28(31)21-39-22-35(15-6-8-26-19-29(37)11-13-30(26)35)23-46-33-14-10-27(20-32(33)39)34(40)38-49(43,44)25(24)2/h5,10-11,13-14,16,19-20,24-25,28,31H,6-9,12,15,17-18,21-23H2,1-4H3,(H,38,40)/b16-5+/t24-,25+,28-,31+,35-,36-/m0/s1. The summed E-state index contributed by atoms with van der Waals surface area (Å²) in [6, 6.07) is 11.2. The maximum Gasteiger partial charge on any atom is 0.264 e. The Kier molecular flexibility index (Phi) is 10.2. The van der Waals surface area contributed by atoms with Gasteiger partial charge in [0.1, 0.15) is 5.75 Å². The van der Waals surface area contributed by atoms with E-state index in [0.717, 1.165) is 44.0 Å². The summed E-state index contributed by atoms with van der Waals surface area (Å²) in [5.74, 6) is -0.161. The van der Waals surface area contributed by atoms with Crippen LogP contribution in [0.25, 0.3) is 0 Å². The third kappa shape index (κ3) is 7.40. The SMILES string of the molecule is CO[C@]1(CCOS(C)(=O)=O)/C=C/C[C@H](C)[C@@H](C)S(=O)(=O)NC(=O)c2ccc3c(c2)N(C[C@@H]2CC[C@H]21)C[C@@]1(CCCc2cc(Cl)ccc21)CO3. The van der Waals surface area contributed by atoms with Gasteiger partial charge < -0.3 is 14.4 Å². The van der Waals surface area contributed by atoms with Gasteiger partial charge in [0.25, 0.3) is 16.0 Å². The second-order valence-electron chi connectivity index (χ2n) is 14.5. The first-order chi connectivity index (χ1) is 23.2. The maximum atomic E-state index is 13.5. The van der Waals surface area contributed by atoms with Gasteiger partial charge in [-0.05, 0) is 105 Å². The zero-order valence-corrected chi connectivity index (χ0v) is 31.0. The van der Waals surface area contributed by atoms with Crippen molar-refractivity contribution in [2.45, 2.75) is 75.1 Å². The minimum absolute atomic E-state index is 0.0359. The number of nitrogens with zero attached hydrogens (tertiary/aromatic N) is 1. The van der Waals surface area contributed by atoms with Crippen molar-refractivity contribution in [1.29, 1.82) is 0 Å².